The molecule has 0 spiro atoms. The number of hydrogen-bond acceptors (Lipinski definition) is 4. The minimum atomic E-state index is -0.289. The van der Waals surface area contributed by atoms with Crippen LogP contribution in [0, 0.1) is 5.82 Å². The molecule has 130 valence electrons. The maximum atomic E-state index is 13.1. The zero-order valence-corrected chi connectivity index (χ0v) is 14.0. The molecule has 0 bridgehead atoms. The number of nitrogens with zero attached hydrogens (tertiary/aromatic N) is 2. The van der Waals surface area contributed by atoms with Gasteiger partial charge in [-0.15, -0.1) is 0 Å². The van der Waals surface area contributed by atoms with Crippen LogP contribution in [0.4, 0.5) is 4.39 Å². The number of H-pyrrole nitrogens is 1. The van der Waals surface area contributed by atoms with Crippen LogP contribution in [0.5, 0.6) is 0 Å². The number of nitrogens with one attached hydrogen (secondary N) is 2. The fourth-order valence-corrected chi connectivity index (χ4v) is 2.56. The Morgan fingerprint density at radius 1 is 1.32 bits per heavy atom. The fraction of sp³-hybridized carbons (Fsp3) is 0.222. The number of aromatic amines is 1. The van der Waals surface area contributed by atoms with Crippen molar-refractivity contribution in [3.63, 3.8) is 0 Å². The van der Waals surface area contributed by atoms with Crippen LogP contribution in [0.1, 0.15) is 22.1 Å². The minimum Gasteiger partial charge on any atom is -0.463 e. The van der Waals surface area contributed by atoms with Gasteiger partial charge in [-0.1, -0.05) is 12.1 Å². The van der Waals surface area contributed by atoms with Crippen LogP contribution >= 0.6 is 0 Å². The van der Waals surface area contributed by atoms with E-state index < -0.39 is 0 Å². The molecule has 25 heavy (non-hydrogen) atoms. The van der Waals surface area contributed by atoms with Crippen molar-refractivity contribution in [3.05, 3.63) is 65.8 Å². The van der Waals surface area contributed by atoms with Crippen LogP contribution in [-0.4, -0.2) is 41.6 Å². The second-order valence-electron chi connectivity index (χ2n) is 5.89. The summed E-state index contributed by atoms with van der Waals surface area (Å²) in [7, 11) is 3.81. The number of likely N-dealkylation sites (N-methyl/N-ethyl adjacent to an activating group) is 1. The molecule has 6 nitrogen and oxygen atoms in total. The van der Waals surface area contributed by atoms with E-state index in [1.807, 2.05) is 19.0 Å². The molecule has 3 aromatic rings. The molecule has 2 heterocycles. The average molecular weight is 342 g/mol. The van der Waals surface area contributed by atoms with E-state index in [0.717, 1.165) is 5.56 Å². The van der Waals surface area contributed by atoms with E-state index in [2.05, 4.69) is 15.5 Å². The number of carbonyl (C=O) groups excluding carboxylic acids is 1. The summed E-state index contributed by atoms with van der Waals surface area (Å²) >= 11 is 0. The lowest BCUT2D eigenvalue weighted by molar-refractivity contribution is 0.0937. The summed E-state index contributed by atoms with van der Waals surface area (Å²) in [6.45, 7) is 0.375. The predicted octanol–water partition coefficient (Wildman–Crippen LogP) is 2.84. The monoisotopic (exact) mass is 342 g/mol. The third-order valence-electron chi connectivity index (χ3n) is 3.93. The molecule has 7 heteroatoms. The van der Waals surface area contributed by atoms with Crippen LogP contribution in [0.2, 0.25) is 0 Å². The summed E-state index contributed by atoms with van der Waals surface area (Å²) in [5, 5.41) is 9.66. The highest BCUT2D eigenvalue weighted by Gasteiger charge is 2.18. The first-order chi connectivity index (χ1) is 12.0. The van der Waals surface area contributed by atoms with Gasteiger partial charge in [0.2, 0.25) is 0 Å². The molecule has 1 amide bonds. The predicted molar refractivity (Wildman–Crippen MR) is 91.5 cm³/mol. The van der Waals surface area contributed by atoms with Crippen LogP contribution < -0.4 is 5.32 Å². The van der Waals surface area contributed by atoms with Crippen molar-refractivity contribution in [2.75, 3.05) is 20.6 Å². The van der Waals surface area contributed by atoms with Gasteiger partial charge >= 0.3 is 0 Å². The molecule has 0 saturated heterocycles. The SMILES string of the molecule is CN(C)C(CNC(=O)c1cc(-c2ccco2)[nH]n1)c1ccc(F)cc1. The first-order valence-corrected chi connectivity index (χ1v) is 7.84. The van der Waals surface area contributed by atoms with Crippen molar-refractivity contribution >= 4 is 5.91 Å². The molecule has 1 atom stereocenters. The highest BCUT2D eigenvalue weighted by Crippen LogP contribution is 2.19. The van der Waals surface area contributed by atoms with Gasteiger partial charge in [0.1, 0.15) is 11.5 Å². The lowest BCUT2D eigenvalue weighted by Gasteiger charge is -2.25. The molecular weight excluding hydrogens is 323 g/mol. The van der Waals surface area contributed by atoms with Crippen molar-refractivity contribution in [1.82, 2.24) is 20.4 Å². The zero-order valence-electron chi connectivity index (χ0n) is 14.0. The van der Waals surface area contributed by atoms with Crippen molar-refractivity contribution in [2.24, 2.45) is 0 Å². The van der Waals surface area contributed by atoms with E-state index in [0.29, 0.717) is 18.0 Å². The molecule has 2 N–H and O–H groups in total. The maximum Gasteiger partial charge on any atom is 0.271 e. The number of halogens is 1. The van der Waals surface area contributed by atoms with Crippen molar-refractivity contribution in [3.8, 4) is 11.5 Å². The topological polar surface area (TPSA) is 74.2 Å². The number of rotatable bonds is 6. The van der Waals surface area contributed by atoms with Crippen molar-refractivity contribution in [2.45, 2.75) is 6.04 Å². The Hall–Kier alpha value is -2.93. The Kier molecular flexibility index (Phi) is 4.95. The van der Waals surface area contributed by atoms with Crippen molar-refractivity contribution in [1.29, 1.82) is 0 Å². The summed E-state index contributed by atoms with van der Waals surface area (Å²) in [6.07, 6.45) is 1.56. The van der Waals surface area contributed by atoms with Crippen LogP contribution in [-0.2, 0) is 0 Å². The Balaban J connectivity index is 1.66. The van der Waals surface area contributed by atoms with Gasteiger partial charge in [-0.2, -0.15) is 5.10 Å². The van der Waals surface area contributed by atoms with E-state index in [1.54, 1.807) is 36.6 Å². The summed E-state index contributed by atoms with van der Waals surface area (Å²) in [6, 6.07) is 11.4. The molecule has 0 radical (unpaired) electrons. The average Bonchev–Trinajstić information content (AvgIpc) is 3.27. The summed E-state index contributed by atoms with van der Waals surface area (Å²) in [4.78, 5) is 14.3. The van der Waals surface area contributed by atoms with Crippen molar-refractivity contribution < 1.29 is 13.6 Å². The quantitative estimate of drug-likeness (QED) is 0.722. The van der Waals surface area contributed by atoms with Gasteiger partial charge in [0.25, 0.3) is 5.91 Å². The molecule has 0 saturated carbocycles. The van der Waals surface area contributed by atoms with Gasteiger partial charge in [-0.05, 0) is 43.9 Å². The van der Waals surface area contributed by atoms with E-state index in [9.17, 15) is 9.18 Å². The molecule has 0 aliphatic rings. The number of benzene rings is 1. The molecule has 3 rings (SSSR count). The van der Waals surface area contributed by atoms with E-state index in [1.165, 1.54) is 12.1 Å². The summed E-state index contributed by atoms with van der Waals surface area (Å²) in [5.41, 5.74) is 1.84. The molecule has 0 aliphatic carbocycles. The van der Waals surface area contributed by atoms with Crippen LogP contribution in [0.15, 0.2) is 53.1 Å². The first kappa shape index (κ1) is 16.9. The van der Waals surface area contributed by atoms with Gasteiger partial charge < -0.3 is 14.6 Å². The van der Waals surface area contributed by atoms with Crippen LogP contribution in [0.3, 0.4) is 0 Å². The summed E-state index contributed by atoms with van der Waals surface area (Å²) in [5.74, 6) is 0.0410. The number of hydrogen-bond donors (Lipinski definition) is 2. The Labute approximate surface area is 144 Å². The maximum absolute atomic E-state index is 13.1. The molecule has 1 aromatic carbocycles. The molecule has 1 unspecified atom stereocenters. The lowest BCUT2D eigenvalue weighted by atomic mass is 10.1. The van der Waals surface area contributed by atoms with Gasteiger partial charge in [-0.25, -0.2) is 4.39 Å². The van der Waals surface area contributed by atoms with Gasteiger partial charge in [0.15, 0.2) is 11.5 Å². The summed E-state index contributed by atoms with van der Waals surface area (Å²) < 4.78 is 18.4. The van der Waals surface area contributed by atoms with Gasteiger partial charge in [-0.3, -0.25) is 9.89 Å². The first-order valence-electron chi connectivity index (χ1n) is 7.84. The van der Waals surface area contributed by atoms with E-state index >= 15 is 0 Å². The number of aromatic nitrogens is 2. The zero-order chi connectivity index (χ0) is 17.8. The Bertz CT molecular complexity index is 825. The standard InChI is InChI=1S/C18H19FN4O2/c1-23(2)16(12-5-7-13(19)8-6-12)11-20-18(24)15-10-14(21-22-15)17-4-3-9-25-17/h3-10,16H,11H2,1-2H3,(H,20,24)(H,21,22). The Morgan fingerprint density at radius 3 is 2.72 bits per heavy atom. The number of furan rings is 1. The van der Waals surface area contributed by atoms with Gasteiger partial charge in [0.05, 0.1) is 12.3 Å². The number of carbonyl (C=O) groups is 1. The van der Waals surface area contributed by atoms with E-state index in [4.69, 9.17) is 4.42 Å². The van der Waals surface area contributed by atoms with Gasteiger partial charge in [0, 0.05) is 12.6 Å². The number of amides is 1. The smallest absolute Gasteiger partial charge is 0.271 e. The minimum absolute atomic E-state index is 0.0759. The highest BCUT2D eigenvalue weighted by atomic mass is 19.1. The molecular formula is C18H19FN4O2. The normalized spacial score (nSPS) is 12.3. The second-order valence-corrected chi connectivity index (χ2v) is 5.89. The Morgan fingerprint density at radius 2 is 2.08 bits per heavy atom. The third kappa shape index (κ3) is 3.95. The molecule has 2 aromatic heterocycles. The van der Waals surface area contributed by atoms with Crippen LogP contribution in [0.25, 0.3) is 11.5 Å². The lowest BCUT2D eigenvalue weighted by Crippen LogP contribution is -2.34. The molecule has 0 fully saturated rings. The molecule has 0 aliphatic heterocycles. The second kappa shape index (κ2) is 7.31. The highest BCUT2D eigenvalue weighted by molar-refractivity contribution is 5.93. The van der Waals surface area contributed by atoms with E-state index in [-0.39, 0.29) is 23.5 Å². The fourth-order valence-electron chi connectivity index (χ4n) is 2.56. The largest absolute Gasteiger partial charge is 0.463 e. The third-order valence-corrected chi connectivity index (χ3v) is 3.93.